The molecule has 2 saturated heterocycles. The van der Waals surface area contributed by atoms with Crippen LogP contribution in [-0.2, 0) is 39.8 Å². The molecule has 0 N–H and O–H groups in total. The van der Waals surface area contributed by atoms with E-state index in [1.165, 1.54) is 4.90 Å². The Hall–Kier alpha value is -2.98. The molecule has 10 heteroatoms. The minimum Gasteiger partial charge on any atom is -0.453 e. The first kappa shape index (κ1) is 35.5. The zero-order valence-corrected chi connectivity index (χ0v) is 27.8. The molecule has 0 saturated carbocycles. The molecule has 0 bridgehead atoms. The number of likely N-dealkylation sites (N-methyl/N-ethyl adjacent to an activating group) is 2. The average molecular weight is 616 g/mol. The molecular weight excluding hydrogens is 562 g/mol. The highest BCUT2D eigenvalue weighted by molar-refractivity contribution is 5.91. The average Bonchev–Trinajstić information content (AvgIpc) is 2.99. The third kappa shape index (κ3) is 10.3. The van der Waals surface area contributed by atoms with Crippen LogP contribution in [0.3, 0.4) is 0 Å². The molecule has 0 spiro atoms. The summed E-state index contributed by atoms with van der Waals surface area (Å²) in [5.41, 5.74) is 1.91. The highest BCUT2D eigenvalue weighted by Crippen LogP contribution is 2.22. The van der Waals surface area contributed by atoms with E-state index in [1.54, 1.807) is 14.0 Å². The fraction of sp³-hybridized carbons (Fsp3) is 0.706. The van der Waals surface area contributed by atoms with Crippen LogP contribution in [0.1, 0.15) is 72.3 Å². The normalized spacial score (nSPS) is 25.8. The number of ether oxygens (including phenoxy) is 3. The number of Topliss-reactive ketones (excluding diaryl/α,β-unsaturated/α-hetero) is 1. The van der Waals surface area contributed by atoms with E-state index in [-0.39, 0.29) is 30.5 Å². The Morgan fingerprint density at radius 3 is 2.00 bits per heavy atom. The van der Waals surface area contributed by atoms with Crippen LogP contribution in [0.15, 0.2) is 24.3 Å². The van der Waals surface area contributed by atoms with E-state index in [4.69, 9.17) is 14.2 Å². The van der Waals surface area contributed by atoms with Gasteiger partial charge >= 0.3 is 11.9 Å². The minimum atomic E-state index is -1.14. The molecule has 1 aromatic rings. The predicted octanol–water partition coefficient (Wildman–Crippen LogP) is 3.88. The lowest BCUT2D eigenvalue weighted by Crippen LogP contribution is -2.51. The summed E-state index contributed by atoms with van der Waals surface area (Å²) in [6, 6.07) is 6.46. The molecule has 3 rings (SSSR count). The van der Waals surface area contributed by atoms with Crippen LogP contribution in [0.2, 0.25) is 0 Å². The standard InChI is InChI=1S/C34H53N3O7/c1-23(2)20-28-33(40)44-31(22-26-11-13-27(14-12-26)37-16-18-42-19-17-37)32(39)36(7)29(21-24(3)4)34(41)43-25(5)30(38)10-8-9-15-35(28)6/h11-14,23-25,28-29,31H,8-10,15-22H2,1-7H3. The Morgan fingerprint density at radius 2 is 1.39 bits per heavy atom. The molecule has 0 radical (unpaired) electrons. The number of carbonyl (C=O) groups excluding carboxylic acids is 4. The van der Waals surface area contributed by atoms with Crippen molar-refractivity contribution in [3.05, 3.63) is 29.8 Å². The summed E-state index contributed by atoms with van der Waals surface area (Å²) in [5.74, 6) is -1.43. The summed E-state index contributed by atoms with van der Waals surface area (Å²) >= 11 is 0. The molecule has 4 atom stereocenters. The molecule has 2 heterocycles. The number of morpholine rings is 1. The second-order valence-electron chi connectivity index (χ2n) is 13.1. The number of anilines is 1. The van der Waals surface area contributed by atoms with E-state index in [1.807, 2.05) is 50.1 Å². The summed E-state index contributed by atoms with van der Waals surface area (Å²) in [5, 5.41) is 0. The number of carbonyl (C=O) groups is 4. The van der Waals surface area contributed by atoms with Gasteiger partial charge in [-0.05, 0) is 75.7 Å². The van der Waals surface area contributed by atoms with Crippen LogP contribution in [0.4, 0.5) is 5.69 Å². The second kappa shape index (κ2) is 16.9. The van der Waals surface area contributed by atoms with Crippen molar-refractivity contribution in [2.24, 2.45) is 11.8 Å². The van der Waals surface area contributed by atoms with Crippen LogP contribution in [0, 0.1) is 11.8 Å². The predicted molar refractivity (Wildman–Crippen MR) is 169 cm³/mol. The SMILES string of the molecule is CC(C)CC1C(=O)OC(Cc2ccc(N3CCOCC3)cc2)C(=O)N(C)C(CC(C)C)C(=O)OC(C)C(=O)CCCCN1C. The van der Waals surface area contributed by atoms with E-state index in [2.05, 4.69) is 18.7 Å². The number of nitrogens with zero attached hydrogens (tertiary/aromatic N) is 3. The monoisotopic (exact) mass is 615 g/mol. The Balaban J connectivity index is 1.95. The molecule has 1 aromatic carbocycles. The molecule has 1 amide bonds. The van der Waals surface area contributed by atoms with Gasteiger partial charge in [0.15, 0.2) is 18.0 Å². The molecule has 2 aliphatic rings. The summed E-state index contributed by atoms with van der Waals surface area (Å²) < 4.78 is 17.2. The molecule has 4 unspecified atom stereocenters. The maximum absolute atomic E-state index is 14.1. The molecular formula is C34H53N3O7. The van der Waals surface area contributed by atoms with Crippen LogP contribution >= 0.6 is 0 Å². The molecule has 10 nitrogen and oxygen atoms in total. The van der Waals surface area contributed by atoms with Crippen molar-refractivity contribution in [2.75, 3.05) is 51.8 Å². The van der Waals surface area contributed by atoms with Crippen molar-refractivity contribution in [3.63, 3.8) is 0 Å². The molecule has 2 fully saturated rings. The van der Waals surface area contributed by atoms with Gasteiger partial charge in [-0.25, -0.2) is 4.79 Å². The van der Waals surface area contributed by atoms with Crippen LogP contribution < -0.4 is 4.90 Å². The van der Waals surface area contributed by atoms with E-state index < -0.39 is 42.1 Å². The summed E-state index contributed by atoms with van der Waals surface area (Å²) in [6.45, 7) is 13.2. The topological polar surface area (TPSA) is 106 Å². The molecule has 44 heavy (non-hydrogen) atoms. The minimum absolute atomic E-state index is 0.0669. The first-order valence-corrected chi connectivity index (χ1v) is 16.2. The molecule has 0 aromatic heterocycles. The summed E-state index contributed by atoms with van der Waals surface area (Å²) in [7, 11) is 3.43. The smallest absolute Gasteiger partial charge is 0.329 e. The lowest BCUT2D eigenvalue weighted by Gasteiger charge is -2.33. The Kier molecular flexibility index (Phi) is 13.6. The van der Waals surface area contributed by atoms with E-state index in [9.17, 15) is 19.2 Å². The maximum Gasteiger partial charge on any atom is 0.329 e. The molecule has 0 aliphatic carbocycles. The van der Waals surface area contributed by atoms with Crippen molar-refractivity contribution in [2.45, 2.75) is 97.4 Å². The van der Waals surface area contributed by atoms with Gasteiger partial charge in [0.2, 0.25) is 0 Å². The number of rotatable bonds is 7. The highest BCUT2D eigenvalue weighted by atomic mass is 16.6. The van der Waals surface area contributed by atoms with E-state index >= 15 is 0 Å². The Labute approximate surface area is 263 Å². The maximum atomic E-state index is 14.1. The third-order valence-corrected chi connectivity index (χ3v) is 8.48. The number of hydrogen-bond acceptors (Lipinski definition) is 9. The van der Waals surface area contributed by atoms with Crippen LogP contribution in [-0.4, -0.2) is 105 Å². The van der Waals surface area contributed by atoms with E-state index in [0.29, 0.717) is 45.4 Å². The number of benzene rings is 1. The van der Waals surface area contributed by atoms with Crippen molar-refractivity contribution in [1.82, 2.24) is 9.80 Å². The highest BCUT2D eigenvalue weighted by Gasteiger charge is 2.38. The number of cyclic esters (lactones) is 2. The van der Waals surface area contributed by atoms with Crippen LogP contribution in [0.5, 0.6) is 0 Å². The number of esters is 2. The lowest BCUT2D eigenvalue weighted by atomic mass is 10.00. The van der Waals surface area contributed by atoms with Gasteiger partial charge in [0.05, 0.1) is 13.2 Å². The van der Waals surface area contributed by atoms with Gasteiger partial charge in [-0.2, -0.15) is 0 Å². The zero-order valence-electron chi connectivity index (χ0n) is 27.8. The third-order valence-electron chi connectivity index (χ3n) is 8.48. The van der Waals surface area contributed by atoms with Gasteiger partial charge in [-0.1, -0.05) is 39.8 Å². The fourth-order valence-corrected chi connectivity index (χ4v) is 5.76. The van der Waals surface area contributed by atoms with Crippen molar-refractivity contribution in [1.29, 1.82) is 0 Å². The first-order chi connectivity index (χ1) is 20.9. The van der Waals surface area contributed by atoms with Gasteiger partial charge < -0.3 is 24.0 Å². The Morgan fingerprint density at radius 1 is 0.795 bits per heavy atom. The van der Waals surface area contributed by atoms with Crippen molar-refractivity contribution < 1.29 is 33.4 Å². The van der Waals surface area contributed by atoms with Gasteiger partial charge in [0.25, 0.3) is 5.91 Å². The van der Waals surface area contributed by atoms with Gasteiger partial charge in [-0.15, -0.1) is 0 Å². The fourth-order valence-electron chi connectivity index (χ4n) is 5.76. The number of ketones is 1. The number of hydrogen-bond donors (Lipinski definition) is 0. The van der Waals surface area contributed by atoms with Gasteiger partial charge in [-0.3, -0.25) is 19.3 Å². The lowest BCUT2D eigenvalue weighted by molar-refractivity contribution is -0.170. The quantitative estimate of drug-likeness (QED) is 0.423. The van der Waals surface area contributed by atoms with Gasteiger partial charge in [0, 0.05) is 38.7 Å². The zero-order chi connectivity index (χ0) is 32.4. The van der Waals surface area contributed by atoms with Crippen molar-refractivity contribution in [3.8, 4) is 0 Å². The molecule has 246 valence electrons. The largest absolute Gasteiger partial charge is 0.453 e. The van der Waals surface area contributed by atoms with Crippen molar-refractivity contribution >= 4 is 29.3 Å². The first-order valence-electron chi connectivity index (χ1n) is 16.2. The number of amides is 1. The summed E-state index contributed by atoms with van der Waals surface area (Å²) in [4.78, 5) is 59.7. The van der Waals surface area contributed by atoms with E-state index in [0.717, 1.165) is 24.3 Å². The second-order valence-corrected chi connectivity index (χ2v) is 13.1. The summed E-state index contributed by atoms with van der Waals surface area (Å²) in [6.07, 6.45) is 0.616. The van der Waals surface area contributed by atoms with Gasteiger partial charge in [0.1, 0.15) is 12.1 Å². The molecule has 2 aliphatic heterocycles. The van der Waals surface area contributed by atoms with Crippen LogP contribution in [0.25, 0.3) is 0 Å². The Bertz CT molecular complexity index is 1100.